The van der Waals surface area contributed by atoms with Crippen molar-refractivity contribution in [2.24, 2.45) is 0 Å². The summed E-state index contributed by atoms with van der Waals surface area (Å²) in [4.78, 5) is 0. The lowest BCUT2D eigenvalue weighted by Crippen LogP contribution is -2.28. The summed E-state index contributed by atoms with van der Waals surface area (Å²) in [5.41, 5.74) is 0. The minimum absolute atomic E-state index is 0.113. The summed E-state index contributed by atoms with van der Waals surface area (Å²) in [6.45, 7) is 0.918. The first kappa shape index (κ1) is 15.4. The van der Waals surface area contributed by atoms with Crippen LogP contribution in [0.5, 0.6) is 0 Å². The fourth-order valence-corrected chi connectivity index (χ4v) is 1.12. The Kier molecular flexibility index (Phi) is 10.4. The van der Waals surface area contributed by atoms with Crippen LogP contribution in [0.15, 0.2) is 0 Å². The summed E-state index contributed by atoms with van der Waals surface area (Å²) in [6.07, 6.45) is 5.13. The van der Waals surface area contributed by atoms with E-state index in [1.165, 1.54) is 7.11 Å². The van der Waals surface area contributed by atoms with Crippen molar-refractivity contribution in [3.63, 3.8) is 0 Å². The van der Waals surface area contributed by atoms with Crippen LogP contribution in [0.1, 0.15) is 12.8 Å². The predicted octanol–water partition coefficient (Wildman–Crippen LogP) is 0.370. The molecule has 0 unspecified atom stereocenters. The average Bonchev–Trinajstić information content (AvgIpc) is 2.31. The maximum atomic E-state index is 9.46. The van der Waals surface area contributed by atoms with Gasteiger partial charge in [-0.2, -0.15) is 0 Å². The molecule has 5 heteroatoms. The van der Waals surface area contributed by atoms with Crippen molar-refractivity contribution >= 4 is 0 Å². The van der Waals surface area contributed by atoms with Crippen LogP contribution in [0.2, 0.25) is 0 Å². The van der Waals surface area contributed by atoms with Crippen molar-refractivity contribution in [1.82, 2.24) is 0 Å². The molecule has 0 heterocycles. The molecule has 0 amide bonds. The van der Waals surface area contributed by atoms with Gasteiger partial charge in [-0.05, 0) is 12.8 Å². The van der Waals surface area contributed by atoms with E-state index in [4.69, 9.17) is 25.4 Å². The lowest BCUT2D eigenvalue weighted by molar-refractivity contribution is -0.106. The highest BCUT2D eigenvalue weighted by Crippen LogP contribution is 2.07. The highest BCUT2D eigenvalue weighted by atomic mass is 16.7. The van der Waals surface area contributed by atoms with E-state index in [2.05, 4.69) is 5.92 Å². The smallest absolute Gasteiger partial charge is 0.146 e. The average molecular weight is 232 g/mol. The highest BCUT2D eigenvalue weighted by molar-refractivity contribution is 4.97. The van der Waals surface area contributed by atoms with Crippen LogP contribution >= 0.6 is 0 Å². The van der Waals surface area contributed by atoms with Gasteiger partial charge in [0.2, 0.25) is 0 Å². The molecule has 0 aromatic heterocycles. The van der Waals surface area contributed by atoms with E-state index in [0.29, 0.717) is 13.0 Å². The van der Waals surface area contributed by atoms with Gasteiger partial charge in [-0.15, -0.1) is 6.42 Å². The third-order valence-electron chi connectivity index (χ3n) is 1.90. The molecule has 94 valence electrons. The van der Waals surface area contributed by atoms with Crippen molar-refractivity contribution in [3.8, 4) is 12.3 Å². The number of aliphatic hydroxyl groups is 1. The van der Waals surface area contributed by atoms with Crippen molar-refractivity contribution in [3.05, 3.63) is 0 Å². The summed E-state index contributed by atoms with van der Waals surface area (Å²) in [5.74, 6) is 2.24. The SMILES string of the molecule is C#C[C@H](O)[C@H](CCCOCOC)OCOC. The van der Waals surface area contributed by atoms with Crippen LogP contribution < -0.4 is 0 Å². The first-order valence-electron chi connectivity index (χ1n) is 5.07. The molecule has 0 bridgehead atoms. The van der Waals surface area contributed by atoms with E-state index in [1.807, 2.05) is 0 Å². The Bertz CT molecular complexity index is 189. The molecule has 0 aromatic carbocycles. The summed E-state index contributed by atoms with van der Waals surface area (Å²) in [7, 11) is 3.08. The van der Waals surface area contributed by atoms with Gasteiger partial charge >= 0.3 is 0 Å². The van der Waals surface area contributed by atoms with Crippen molar-refractivity contribution in [1.29, 1.82) is 0 Å². The third kappa shape index (κ3) is 7.63. The normalized spacial score (nSPS) is 14.4. The molecule has 0 aliphatic rings. The third-order valence-corrected chi connectivity index (χ3v) is 1.90. The predicted molar refractivity (Wildman–Crippen MR) is 58.7 cm³/mol. The molecule has 16 heavy (non-hydrogen) atoms. The topological polar surface area (TPSA) is 57.2 Å². The van der Waals surface area contributed by atoms with E-state index >= 15 is 0 Å². The zero-order valence-electron chi connectivity index (χ0n) is 9.85. The van der Waals surface area contributed by atoms with Gasteiger partial charge in [0.15, 0.2) is 0 Å². The van der Waals surface area contributed by atoms with E-state index in [-0.39, 0.29) is 13.6 Å². The maximum absolute atomic E-state index is 9.46. The first-order valence-corrected chi connectivity index (χ1v) is 5.07. The number of rotatable bonds is 10. The second-order valence-electron chi connectivity index (χ2n) is 3.18. The summed E-state index contributed by atoms with van der Waals surface area (Å²) in [5, 5.41) is 9.46. The number of terminal acetylenes is 1. The molecule has 0 fully saturated rings. The van der Waals surface area contributed by atoms with Crippen LogP contribution in [-0.4, -0.2) is 51.7 Å². The quantitative estimate of drug-likeness (QED) is 0.335. The van der Waals surface area contributed by atoms with E-state index < -0.39 is 12.2 Å². The van der Waals surface area contributed by atoms with Crippen LogP contribution in [-0.2, 0) is 18.9 Å². The van der Waals surface area contributed by atoms with Crippen molar-refractivity contribution < 1.29 is 24.1 Å². The van der Waals surface area contributed by atoms with Gasteiger partial charge < -0.3 is 24.1 Å². The van der Waals surface area contributed by atoms with Crippen molar-refractivity contribution in [2.75, 3.05) is 34.4 Å². The lowest BCUT2D eigenvalue weighted by atomic mass is 10.1. The molecule has 0 aliphatic heterocycles. The summed E-state index contributed by atoms with van der Waals surface area (Å²) < 4.78 is 19.8. The van der Waals surface area contributed by atoms with Gasteiger partial charge in [0.05, 0.1) is 6.10 Å². The zero-order valence-corrected chi connectivity index (χ0v) is 9.85. The second kappa shape index (κ2) is 10.9. The molecule has 0 saturated heterocycles. The summed E-state index contributed by atoms with van der Waals surface area (Å²) >= 11 is 0. The van der Waals surface area contributed by atoms with E-state index in [0.717, 1.165) is 6.42 Å². The number of methoxy groups -OCH3 is 2. The van der Waals surface area contributed by atoms with Crippen LogP contribution in [0.25, 0.3) is 0 Å². The minimum atomic E-state index is -0.919. The molecule has 0 aliphatic carbocycles. The molecule has 0 rings (SSSR count). The Morgan fingerprint density at radius 2 is 1.94 bits per heavy atom. The van der Waals surface area contributed by atoms with Gasteiger partial charge in [0.1, 0.15) is 19.7 Å². The minimum Gasteiger partial charge on any atom is -0.378 e. The summed E-state index contributed by atoms with van der Waals surface area (Å²) in [6, 6.07) is 0. The van der Waals surface area contributed by atoms with Gasteiger partial charge in [0, 0.05) is 20.8 Å². The van der Waals surface area contributed by atoms with E-state index in [9.17, 15) is 5.11 Å². The molecular weight excluding hydrogens is 212 g/mol. The first-order chi connectivity index (χ1) is 7.76. The molecule has 0 aromatic rings. The van der Waals surface area contributed by atoms with Crippen LogP contribution in [0.4, 0.5) is 0 Å². The Morgan fingerprint density at radius 3 is 2.50 bits per heavy atom. The number of ether oxygens (including phenoxy) is 4. The van der Waals surface area contributed by atoms with Gasteiger partial charge in [-0.1, -0.05) is 5.92 Å². The van der Waals surface area contributed by atoms with Crippen LogP contribution in [0.3, 0.4) is 0 Å². The molecule has 0 radical (unpaired) electrons. The Labute approximate surface area is 96.6 Å². The van der Waals surface area contributed by atoms with Gasteiger partial charge in [-0.25, -0.2) is 0 Å². The number of hydrogen-bond donors (Lipinski definition) is 1. The highest BCUT2D eigenvalue weighted by Gasteiger charge is 2.17. The van der Waals surface area contributed by atoms with Gasteiger partial charge in [0.25, 0.3) is 0 Å². The molecule has 1 N–H and O–H groups in total. The zero-order chi connectivity index (χ0) is 12.2. The Balaban J connectivity index is 3.70. The molecule has 0 spiro atoms. The van der Waals surface area contributed by atoms with Crippen molar-refractivity contribution in [2.45, 2.75) is 25.0 Å². The fourth-order valence-electron chi connectivity index (χ4n) is 1.12. The molecule has 5 nitrogen and oxygen atoms in total. The molecule has 0 saturated carbocycles. The number of aliphatic hydroxyl groups excluding tert-OH is 1. The number of hydrogen-bond acceptors (Lipinski definition) is 5. The Hall–Kier alpha value is -0.640. The molecular formula is C11H20O5. The second-order valence-corrected chi connectivity index (χ2v) is 3.18. The lowest BCUT2D eigenvalue weighted by Gasteiger charge is -2.19. The Morgan fingerprint density at radius 1 is 1.25 bits per heavy atom. The fraction of sp³-hybridized carbons (Fsp3) is 0.818. The molecule has 2 atom stereocenters. The van der Waals surface area contributed by atoms with E-state index in [1.54, 1.807) is 7.11 Å². The van der Waals surface area contributed by atoms with Crippen LogP contribution in [0, 0.1) is 12.3 Å². The monoisotopic (exact) mass is 232 g/mol. The largest absolute Gasteiger partial charge is 0.378 e. The standard InChI is InChI=1S/C11H20O5/c1-4-10(12)11(16-9-14-3)6-5-7-15-8-13-2/h1,10-12H,5-9H2,2-3H3/t10-,11-/m0/s1. The van der Waals surface area contributed by atoms with Gasteiger partial charge in [-0.3, -0.25) is 0 Å². The maximum Gasteiger partial charge on any atom is 0.146 e.